The Hall–Kier alpha value is -1.98. The number of ether oxygens (including phenoxy) is 1. The average Bonchev–Trinajstić information content (AvgIpc) is 3.41. The van der Waals surface area contributed by atoms with Gasteiger partial charge in [-0.25, -0.2) is 4.79 Å². The second-order valence-corrected chi connectivity index (χ2v) is 15.8. The molecule has 0 radical (unpaired) electrons. The lowest BCUT2D eigenvalue weighted by molar-refractivity contribution is -0.151. The number of fused-ring (bicyclic) bond motifs is 1. The molecular formula is C37H61N5O5. The largest absolute Gasteiger partial charge is 0.478 e. The van der Waals surface area contributed by atoms with Crippen LogP contribution in [0.25, 0.3) is 0 Å². The van der Waals surface area contributed by atoms with E-state index in [1.807, 2.05) is 11.1 Å². The molecule has 2 aliphatic heterocycles. The van der Waals surface area contributed by atoms with E-state index in [0.29, 0.717) is 56.3 Å². The first-order valence-electron chi connectivity index (χ1n) is 18.7. The Morgan fingerprint density at radius 3 is 2.81 bits per heavy atom. The number of rotatable bonds is 12. The number of aliphatic imine (C=N–C) groups is 1. The van der Waals surface area contributed by atoms with Crippen molar-refractivity contribution in [2.24, 2.45) is 51.1 Å². The van der Waals surface area contributed by atoms with Crippen LogP contribution in [0.1, 0.15) is 90.9 Å². The Bertz CT molecular complexity index is 1240. The van der Waals surface area contributed by atoms with Crippen molar-refractivity contribution >= 4 is 11.9 Å². The highest BCUT2D eigenvalue weighted by Gasteiger charge is 2.75. The zero-order valence-corrected chi connectivity index (χ0v) is 29.1. The number of hydrogen-bond donors (Lipinski definition) is 6. The van der Waals surface area contributed by atoms with Gasteiger partial charge in [0.05, 0.1) is 24.9 Å². The number of carboxylic acids is 1. The molecule has 10 atom stereocenters. The van der Waals surface area contributed by atoms with Crippen LogP contribution < -0.4 is 16.4 Å². The van der Waals surface area contributed by atoms with Crippen LogP contribution in [0.3, 0.4) is 0 Å². The SMILES string of the molecule is CCCCCC1CCC2NCCCC2C1OCC1(O)CC23C(=C1C(=O)O)CC(CCC2C)C31CN(C(N)=NC)C=CC1CNCCO. The zero-order chi connectivity index (χ0) is 33.4. The third kappa shape index (κ3) is 5.77. The summed E-state index contributed by atoms with van der Waals surface area (Å²) in [6, 6.07) is 0.435. The first-order chi connectivity index (χ1) is 22.7. The van der Waals surface area contributed by atoms with Crippen molar-refractivity contribution in [1.82, 2.24) is 15.5 Å². The molecule has 1 saturated heterocycles. The molecular weight excluding hydrogens is 594 g/mol. The van der Waals surface area contributed by atoms with E-state index in [-0.39, 0.29) is 48.1 Å². The Labute approximate surface area is 281 Å². The summed E-state index contributed by atoms with van der Waals surface area (Å²) >= 11 is 0. The average molecular weight is 656 g/mol. The van der Waals surface area contributed by atoms with E-state index in [0.717, 1.165) is 50.6 Å². The van der Waals surface area contributed by atoms with Gasteiger partial charge in [0.2, 0.25) is 0 Å². The Morgan fingerprint density at radius 1 is 1.23 bits per heavy atom. The molecule has 0 aromatic rings. The Morgan fingerprint density at radius 2 is 2.06 bits per heavy atom. The minimum absolute atomic E-state index is 0.0232. The lowest BCUT2D eigenvalue weighted by Crippen LogP contribution is -2.62. The summed E-state index contributed by atoms with van der Waals surface area (Å²) in [5.41, 5.74) is 5.14. The summed E-state index contributed by atoms with van der Waals surface area (Å²) in [7, 11) is 1.70. The summed E-state index contributed by atoms with van der Waals surface area (Å²) in [5.74, 6) is 0.774. The molecule has 3 saturated carbocycles. The topological polar surface area (TPSA) is 153 Å². The fraction of sp³-hybridized carbons (Fsp3) is 0.838. The lowest BCUT2D eigenvalue weighted by atomic mass is 9.46. The number of piperidine rings is 1. The first kappa shape index (κ1) is 34.9. The summed E-state index contributed by atoms with van der Waals surface area (Å²) in [5, 5.41) is 40.5. The van der Waals surface area contributed by atoms with Crippen LogP contribution in [0.5, 0.6) is 0 Å². The third-order valence-electron chi connectivity index (χ3n) is 13.7. The van der Waals surface area contributed by atoms with Crippen LogP contribution in [0.2, 0.25) is 0 Å². The van der Waals surface area contributed by atoms with E-state index >= 15 is 0 Å². The number of unbranched alkanes of at least 4 members (excludes halogenated alkanes) is 2. The van der Waals surface area contributed by atoms with Gasteiger partial charge in [0.15, 0.2) is 5.96 Å². The number of nitrogens with two attached hydrogens (primary N) is 1. The van der Waals surface area contributed by atoms with Gasteiger partial charge >= 0.3 is 5.97 Å². The molecule has 10 heteroatoms. The van der Waals surface area contributed by atoms with E-state index in [1.54, 1.807) is 7.05 Å². The maximum atomic E-state index is 13.4. The van der Waals surface area contributed by atoms with Crippen LogP contribution in [-0.2, 0) is 9.53 Å². The molecule has 264 valence electrons. The molecule has 2 spiro atoms. The molecule has 47 heavy (non-hydrogen) atoms. The second kappa shape index (κ2) is 14.1. The summed E-state index contributed by atoms with van der Waals surface area (Å²) in [4.78, 5) is 19.7. The predicted molar refractivity (Wildman–Crippen MR) is 184 cm³/mol. The van der Waals surface area contributed by atoms with Crippen LogP contribution in [0.4, 0.5) is 0 Å². The molecule has 10 unspecified atom stereocenters. The van der Waals surface area contributed by atoms with E-state index in [9.17, 15) is 20.1 Å². The van der Waals surface area contributed by atoms with Gasteiger partial charge in [-0.05, 0) is 93.6 Å². The van der Waals surface area contributed by atoms with E-state index in [2.05, 4.69) is 35.5 Å². The van der Waals surface area contributed by atoms with Gasteiger partial charge < -0.3 is 41.3 Å². The van der Waals surface area contributed by atoms with Crippen molar-refractivity contribution in [3.8, 4) is 0 Å². The molecule has 0 aromatic carbocycles. The number of hydrogen-bond acceptors (Lipinski definition) is 7. The van der Waals surface area contributed by atoms with Gasteiger partial charge in [-0.15, -0.1) is 0 Å². The predicted octanol–water partition coefficient (Wildman–Crippen LogP) is 3.64. The summed E-state index contributed by atoms with van der Waals surface area (Å²) < 4.78 is 6.97. The van der Waals surface area contributed by atoms with E-state index in [4.69, 9.17) is 10.5 Å². The zero-order valence-electron chi connectivity index (χ0n) is 29.1. The van der Waals surface area contributed by atoms with Crippen LogP contribution in [-0.4, -0.2) is 96.3 Å². The smallest absolute Gasteiger partial charge is 0.334 e. The maximum Gasteiger partial charge on any atom is 0.334 e. The van der Waals surface area contributed by atoms with Gasteiger partial charge in [-0.1, -0.05) is 39.2 Å². The van der Waals surface area contributed by atoms with Crippen molar-refractivity contribution in [3.63, 3.8) is 0 Å². The number of aliphatic hydroxyl groups excluding tert-OH is 1. The Kier molecular flexibility index (Phi) is 10.5. The number of aliphatic carboxylic acids is 1. The molecule has 6 rings (SSSR count). The van der Waals surface area contributed by atoms with Gasteiger partial charge in [0, 0.05) is 55.7 Å². The molecule has 0 aromatic heterocycles. The van der Waals surface area contributed by atoms with Crippen molar-refractivity contribution in [2.75, 3.05) is 46.4 Å². The number of nitrogens with one attached hydrogen (secondary N) is 2. The third-order valence-corrected chi connectivity index (χ3v) is 13.7. The van der Waals surface area contributed by atoms with Crippen LogP contribution in [0.15, 0.2) is 28.4 Å². The van der Waals surface area contributed by atoms with Gasteiger partial charge in [0.25, 0.3) is 0 Å². The number of guanidine groups is 1. The number of aliphatic hydroxyl groups is 2. The fourth-order valence-electron chi connectivity index (χ4n) is 11.8. The highest BCUT2D eigenvalue weighted by Crippen LogP contribution is 2.77. The molecule has 4 aliphatic carbocycles. The monoisotopic (exact) mass is 655 g/mol. The highest BCUT2D eigenvalue weighted by atomic mass is 16.5. The normalized spacial score (nSPS) is 41.4. The number of nitrogens with zero attached hydrogens (tertiary/aromatic N) is 2. The minimum atomic E-state index is -1.58. The number of carbonyl (C=O) groups is 1. The van der Waals surface area contributed by atoms with Gasteiger partial charge in [-0.2, -0.15) is 0 Å². The lowest BCUT2D eigenvalue weighted by Gasteiger charge is -2.61. The standard InChI is InChI=1S/C37H61N5O5/c1-4-5-6-8-25-11-13-30-28(9-7-15-41-30)32(25)47-23-35(46)21-36-24(2)10-12-26(19-29(36)31(35)33(44)45)37(36)22-42(34(38)39-3)17-14-27(37)20-40-16-18-43/h14,17,24-28,30,32,40-41,43,46H,4-13,15-16,18-23H2,1-3H3,(H2,38,39)(H,44,45). The molecule has 6 aliphatic rings. The number of carboxylic acid groups (broad SMARTS) is 1. The van der Waals surface area contributed by atoms with Crippen molar-refractivity contribution in [2.45, 2.75) is 109 Å². The quantitative estimate of drug-likeness (QED) is 0.105. The van der Waals surface area contributed by atoms with E-state index in [1.165, 1.54) is 25.7 Å². The van der Waals surface area contributed by atoms with Crippen LogP contribution in [0, 0.1) is 40.4 Å². The number of allylic oxidation sites excluding steroid dienone is 1. The molecule has 4 fully saturated rings. The fourth-order valence-corrected chi connectivity index (χ4v) is 11.8. The second-order valence-electron chi connectivity index (χ2n) is 15.8. The summed E-state index contributed by atoms with van der Waals surface area (Å²) in [6.07, 6.45) is 16.5. The van der Waals surface area contributed by atoms with E-state index < -0.39 is 17.0 Å². The maximum absolute atomic E-state index is 13.4. The molecule has 2 bridgehead atoms. The van der Waals surface area contributed by atoms with Gasteiger partial charge in [-0.3, -0.25) is 4.99 Å². The molecule has 0 amide bonds. The van der Waals surface area contributed by atoms with Gasteiger partial charge in [0.1, 0.15) is 5.60 Å². The molecule has 10 nitrogen and oxygen atoms in total. The van der Waals surface area contributed by atoms with Crippen molar-refractivity contribution in [1.29, 1.82) is 0 Å². The van der Waals surface area contributed by atoms with Crippen molar-refractivity contribution < 1.29 is 24.9 Å². The summed E-state index contributed by atoms with van der Waals surface area (Å²) in [6.45, 7) is 7.43. The Balaban J connectivity index is 1.37. The molecule has 2 heterocycles. The van der Waals surface area contributed by atoms with Crippen molar-refractivity contribution in [3.05, 3.63) is 23.4 Å². The highest BCUT2D eigenvalue weighted by molar-refractivity contribution is 5.92. The first-order valence-corrected chi connectivity index (χ1v) is 18.7. The minimum Gasteiger partial charge on any atom is -0.478 e. The molecule has 7 N–H and O–H groups in total. The van der Waals surface area contributed by atoms with Crippen LogP contribution >= 0.6 is 0 Å².